The number of aromatic nitrogens is 1. The Hall–Kier alpha value is -2.84. The van der Waals surface area contributed by atoms with Gasteiger partial charge in [0.2, 0.25) is 5.91 Å². The predicted octanol–water partition coefficient (Wildman–Crippen LogP) is 4.42. The van der Waals surface area contributed by atoms with Crippen molar-refractivity contribution in [3.8, 4) is 10.6 Å². The molecule has 0 aliphatic heterocycles. The summed E-state index contributed by atoms with van der Waals surface area (Å²) in [6, 6.07) is 10.2. The van der Waals surface area contributed by atoms with Crippen LogP contribution >= 0.6 is 22.7 Å². The van der Waals surface area contributed by atoms with Crippen LogP contribution in [0.15, 0.2) is 47.9 Å². The molecule has 8 heteroatoms. The first-order chi connectivity index (χ1) is 12.5. The van der Waals surface area contributed by atoms with Crippen LogP contribution in [-0.4, -0.2) is 15.8 Å². The Kier molecular flexibility index (Phi) is 5.55. The lowest BCUT2D eigenvalue weighted by Gasteiger charge is -2.00. The number of aryl methyl sites for hydroxylation is 1. The standard InChI is InChI=1S/C18H15N3O3S2/c1-12-20-15(11-25-12)17-8-7-14(26-17)10-19-18(22)9-6-13-4-2-3-5-16(13)21(23)24/h2-9,11H,10H2,1H3,(H,19,22)/b9-6+. The van der Waals surface area contributed by atoms with Gasteiger partial charge < -0.3 is 5.32 Å². The first-order valence-electron chi connectivity index (χ1n) is 7.73. The number of nitrogens with one attached hydrogen (secondary N) is 1. The molecule has 6 nitrogen and oxygen atoms in total. The number of thiophene rings is 1. The van der Waals surface area contributed by atoms with E-state index in [1.54, 1.807) is 40.9 Å². The van der Waals surface area contributed by atoms with Gasteiger partial charge in [-0.3, -0.25) is 14.9 Å². The molecule has 0 atom stereocenters. The monoisotopic (exact) mass is 385 g/mol. The lowest BCUT2D eigenvalue weighted by Crippen LogP contribution is -2.19. The highest BCUT2D eigenvalue weighted by atomic mass is 32.1. The predicted molar refractivity (Wildman–Crippen MR) is 104 cm³/mol. The highest BCUT2D eigenvalue weighted by Crippen LogP contribution is 2.28. The van der Waals surface area contributed by atoms with Crippen molar-refractivity contribution in [3.05, 3.63) is 73.4 Å². The van der Waals surface area contributed by atoms with Crippen LogP contribution in [0.4, 0.5) is 5.69 Å². The van der Waals surface area contributed by atoms with Crippen molar-refractivity contribution >= 4 is 40.3 Å². The van der Waals surface area contributed by atoms with E-state index >= 15 is 0 Å². The lowest BCUT2D eigenvalue weighted by atomic mass is 10.1. The van der Waals surface area contributed by atoms with Gasteiger partial charge in [-0.05, 0) is 31.2 Å². The fourth-order valence-electron chi connectivity index (χ4n) is 2.28. The molecule has 3 aromatic rings. The fourth-order valence-corrected chi connectivity index (χ4v) is 3.88. The number of hydrogen-bond donors (Lipinski definition) is 1. The Morgan fingerprint density at radius 3 is 2.85 bits per heavy atom. The van der Waals surface area contributed by atoms with Crippen molar-refractivity contribution in [2.75, 3.05) is 0 Å². The van der Waals surface area contributed by atoms with E-state index in [4.69, 9.17) is 0 Å². The van der Waals surface area contributed by atoms with E-state index in [-0.39, 0.29) is 11.6 Å². The first-order valence-corrected chi connectivity index (χ1v) is 9.43. The molecule has 0 aliphatic rings. The number of carbonyl (C=O) groups excluding carboxylic acids is 1. The molecule has 0 aliphatic carbocycles. The zero-order chi connectivity index (χ0) is 18.5. The normalized spacial score (nSPS) is 11.0. The highest BCUT2D eigenvalue weighted by Gasteiger charge is 2.10. The number of nitrogens with zero attached hydrogens (tertiary/aromatic N) is 2. The molecular weight excluding hydrogens is 370 g/mol. The largest absolute Gasteiger partial charge is 0.348 e. The smallest absolute Gasteiger partial charge is 0.276 e. The summed E-state index contributed by atoms with van der Waals surface area (Å²) in [7, 11) is 0. The average Bonchev–Trinajstić information content (AvgIpc) is 3.27. The molecule has 1 aromatic carbocycles. The van der Waals surface area contributed by atoms with E-state index < -0.39 is 4.92 Å². The van der Waals surface area contributed by atoms with Crippen molar-refractivity contribution in [3.63, 3.8) is 0 Å². The summed E-state index contributed by atoms with van der Waals surface area (Å²) in [5, 5.41) is 16.8. The fraction of sp³-hybridized carbons (Fsp3) is 0.111. The second kappa shape index (κ2) is 8.03. The minimum absolute atomic E-state index is 0.0296. The number of hydrogen-bond acceptors (Lipinski definition) is 6. The summed E-state index contributed by atoms with van der Waals surface area (Å²) < 4.78 is 0. The average molecular weight is 385 g/mol. The van der Waals surface area contributed by atoms with E-state index in [0.717, 1.165) is 20.5 Å². The van der Waals surface area contributed by atoms with Gasteiger partial charge in [0, 0.05) is 22.4 Å². The Bertz CT molecular complexity index is 975. The zero-order valence-electron chi connectivity index (χ0n) is 13.8. The summed E-state index contributed by atoms with van der Waals surface area (Å²) in [5.41, 5.74) is 1.31. The lowest BCUT2D eigenvalue weighted by molar-refractivity contribution is -0.385. The number of thiazole rings is 1. The number of rotatable bonds is 6. The van der Waals surface area contributed by atoms with Gasteiger partial charge in [0.15, 0.2) is 0 Å². The molecule has 0 saturated carbocycles. The molecule has 0 unspecified atom stereocenters. The van der Waals surface area contributed by atoms with Gasteiger partial charge in [0.05, 0.1) is 32.6 Å². The summed E-state index contributed by atoms with van der Waals surface area (Å²) in [6.07, 6.45) is 2.76. The third-order valence-corrected chi connectivity index (χ3v) is 5.40. The number of nitro benzene ring substituents is 1. The minimum Gasteiger partial charge on any atom is -0.348 e. The summed E-state index contributed by atoms with van der Waals surface area (Å²) in [6.45, 7) is 2.36. The molecule has 0 saturated heterocycles. The van der Waals surface area contributed by atoms with E-state index in [0.29, 0.717) is 12.1 Å². The molecule has 132 valence electrons. The van der Waals surface area contributed by atoms with E-state index in [1.165, 1.54) is 18.2 Å². The van der Waals surface area contributed by atoms with Crippen molar-refractivity contribution in [2.24, 2.45) is 0 Å². The summed E-state index contributed by atoms with van der Waals surface area (Å²) in [5.74, 6) is -0.303. The SMILES string of the molecule is Cc1nc(-c2ccc(CNC(=O)/C=C/c3ccccc3[N+](=O)[O-])s2)cs1. The van der Waals surface area contributed by atoms with Crippen molar-refractivity contribution in [2.45, 2.75) is 13.5 Å². The number of nitro groups is 1. The van der Waals surface area contributed by atoms with Crippen LogP contribution in [0.5, 0.6) is 0 Å². The second-order valence-corrected chi connectivity index (χ2v) is 7.62. The van der Waals surface area contributed by atoms with E-state index in [9.17, 15) is 14.9 Å². The Morgan fingerprint density at radius 2 is 2.12 bits per heavy atom. The molecule has 2 heterocycles. The molecular formula is C18H15N3O3S2. The minimum atomic E-state index is -0.467. The first kappa shape index (κ1) is 18.0. The van der Waals surface area contributed by atoms with Gasteiger partial charge in [0.25, 0.3) is 5.69 Å². The summed E-state index contributed by atoms with van der Waals surface area (Å²) >= 11 is 3.18. The molecule has 1 N–H and O–H groups in total. The van der Waals surface area contributed by atoms with Crippen LogP contribution in [0, 0.1) is 17.0 Å². The van der Waals surface area contributed by atoms with Gasteiger partial charge >= 0.3 is 0 Å². The van der Waals surface area contributed by atoms with Crippen LogP contribution in [0.3, 0.4) is 0 Å². The molecule has 2 aromatic heterocycles. The van der Waals surface area contributed by atoms with Gasteiger partial charge in [-0.1, -0.05) is 12.1 Å². The number of amides is 1. The summed E-state index contributed by atoms with van der Waals surface area (Å²) in [4.78, 5) is 29.0. The zero-order valence-corrected chi connectivity index (χ0v) is 15.5. The van der Waals surface area contributed by atoms with Crippen LogP contribution < -0.4 is 5.32 Å². The van der Waals surface area contributed by atoms with Gasteiger partial charge in [-0.2, -0.15) is 0 Å². The molecule has 0 fully saturated rings. The molecule has 1 amide bonds. The van der Waals surface area contributed by atoms with Gasteiger partial charge in [-0.25, -0.2) is 4.98 Å². The molecule has 3 rings (SSSR count). The molecule has 0 spiro atoms. The second-order valence-electron chi connectivity index (χ2n) is 5.38. The van der Waals surface area contributed by atoms with Gasteiger partial charge in [0.1, 0.15) is 0 Å². The molecule has 0 bridgehead atoms. The van der Waals surface area contributed by atoms with E-state index in [2.05, 4.69) is 10.3 Å². The maximum absolute atomic E-state index is 12.0. The Labute approximate surface area is 158 Å². The number of benzene rings is 1. The van der Waals surface area contributed by atoms with Crippen molar-refractivity contribution in [1.82, 2.24) is 10.3 Å². The Balaban J connectivity index is 1.60. The third-order valence-electron chi connectivity index (χ3n) is 3.52. The molecule has 0 radical (unpaired) electrons. The van der Waals surface area contributed by atoms with Crippen LogP contribution in [0.2, 0.25) is 0 Å². The maximum atomic E-state index is 12.0. The van der Waals surface area contributed by atoms with E-state index in [1.807, 2.05) is 24.4 Å². The van der Waals surface area contributed by atoms with Crippen LogP contribution in [-0.2, 0) is 11.3 Å². The third kappa shape index (κ3) is 4.41. The van der Waals surface area contributed by atoms with Crippen molar-refractivity contribution < 1.29 is 9.72 Å². The number of para-hydroxylation sites is 1. The van der Waals surface area contributed by atoms with Crippen molar-refractivity contribution in [1.29, 1.82) is 0 Å². The van der Waals surface area contributed by atoms with Gasteiger partial charge in [-0.15, -0.1) is 22.7 Å². The van der Waals surface area contributed by atoms with Crippen LogP contribution in [0.1, 0.15) is 15.4 Å². The number of carbonyl (C=O) groups is 1. The Morgan fingerprint density at radius 1 is 1.31 bits per heavy atom. The topological polar surface area (TPSA) is 85.1 Å². The quantitative estimate of drug-likeness (QED) is 0.387. The van der Waals surface area contributed by atoms with Crippen LogP contribution in [0.25, 0.3) is 16.6 Å². The maximum Gasteiger partial charge on any atom is 0.276 e. The highest BCUT2D eigenvalue weighted by molar-refractivity contribution is 7.16. The molecule has 26 heavy (non-hydrogen) atoms.